The molecule has 6 nitrogen and oxygen atoms in total. The zero-order chi connectivity index (χ0) is 16.8. The molecule has 0 bridgehead atoms. The lowest BCUT2D eigenvalue weighted by molar-refractivity contribution is 0.0398. The molecule has 2 aliphatic rings. The number of esters is 1. The quantitative estimate of drug-likeness (QED) is 0.734. The zero-order valence-electron chi connectivity index (χ0n) is 14.3. The molecule has 1 aliphatic heterocycles. The molecular weight excluding hydrogens is 308 g/mol. The smallest absolute Gasteiger partial charge is 0.338 e. The molecule has 24 heavy (non-hydrogen) atoms. The molecule has 1 aliphatic carbocycles. The molecule has 2 fully saturated rings. The number of hydrogen-bond donors (Lipinski definition) is 1. The van der Waals surface area contributed by atoms with Gasteiger partial charge in [-0.1, -0.05) is 0 Å². The summed E-state index contributed by atoms with van der Waals surface area (Å²) in [5.74, 6) is 1.05. The number of anilines is 1. The van der Waals surface area contributed by atoms with Crippen molar-refractivity contribution in [3.8, 4) is 5.75 Å². The number of carbonyl (C=O) groups excluding carboxylic acids is 1. The van der Waals surface area contributed by atoms with Crippen molar-refractivity contribution in [3.63, 3.8) is 0 Å². The van der Waals surface area contributed by atoms with Gasteiger partial charge >= 0.3 is 5.97 Å². The number of nitrogens with one attached hydrogen (secondary N) is 1. The van der Waals surface area contributed by atoms with Gasteiger partial charge in [0.1, 0.15) is 5.75 Å². The monoisotopic (exact) mass is 334 g/mol. The van der Waals surface area contributed by atoms with E-state index in [0.717, 1.165) is 57.4 Å². The largest absolute Gasteiger partial charge is 0.493 e. The SMILES string of the molecule is COC(=O)c1cc(NCCN2CCOCC2)cc(OCC2CC2)c1. The average Bonchev–Trinajstić information content (AvgIpc) is 3.44. The maximum absolute atomic E-state index is 11.9. The highest BCUT2D eigenvalue weighted by atomic mass is 16.5. The molecule has 0 spiro atoms. The van der Waals surface area contributed by atoms with Crippen LogP contribution in [-0.2, 0) is 9.47 Å². The molecule has 0 atom stereocenters. The molecule has 1 N–H and O–H groups in total. The molecule has 1 aromatic carbocycles. The summed E-state index contributed by atoms with van der Waals surface area (Å²) in [6.45, 7) is 6.03. The predicted molar refractivity (Wildman–Crippen MR) is 91.7 cm³/mol. The van der Waals surface area contributed by atoms with E-state index in [-0.39, 0.29) is 5.97 Å². The molecule has 1 saturated carbocycles. The van der Waals surface area contributed by atoms with Crippen LogP contribution in [0.1, 0.15) is 23.2 Å². The first-order chi connectivity index (χ1) is 11.7. The lowest BCUT2D eigenvalue weighted by Gasteiger charge is -2.26. The maximum Gasteiger partial charge on any atom is 0.338 e. The van der Waals surface area contributed by atoms with Crippen LogP contribution in [0.15, 0.2) is 18.2 Å². The van der Waals surface area contributed by atoms with E-state index in [2.05, 4.69) is 10.2 Å². The molecule has 0 unspecified atom stereocenters. The highest BCUT2D eigenvalue weighted by Crippen LogP contribution is 2.30. The van der Waals surface area contributed by atoms with Crippen LogP contribution in [0.5, 0.6) is 5.75 Å². The van der Waals surface area contributed by atoms with Crippen LogP contribution in [0.2, 0.25) is 0 Å². The summed E-state index contributed by atoms with van der Waals surface area (Å²) >= 11 is 0. The topological polar surface area (TPSA) is 60.0 Å². The maximum atomic E-state index is 11.9. The Balaban J connectivity index is 1.58. The molecular formula is C18H26N2O4. The Kier molecular flexibility index (Phi) is 5.93. The fourth-order valence-electron chi connectivity index (χ4n) is 2.70. The fourth-order valence-corrected chi connectivity index (χ4v) is 2.70. The van der Waals surface area contributed by atoms with E-state index in [4.69, 9.17) is 14.2 Å². The molecule has 0 radical (unpaired) electrons. The highest BCUT2D eigenvalue weighted by molar-refractivity contribution is 5.91. The second kappa shape index (κ2) is 8.35. The third-order valence-electron chi connectivity index (χ3n) is 4.37. The zero-order valence-corrected chi connectivity index (χ0v) is 14.3. The molecule has 0 amide bonds. The van der Waals surface area contributed by atoms with E-state index in [1.807, 2.05) is 12.1 Å². The molecule has 1 saturated heterocycles. The summed E-state index contributed by atoms with van der Waals surface area (Å²) in [6.07, 6.45) is 2.47. The van der Waals surface area contributed by atoms with E-state index in [0.29, 0.717) is 11.5 Å². The minimum absolute atomic E-state index is 0.344. The van der Waals surface area contributed by atoms with Gasteiger partial charge in [0.05, 0.1) is 32.5 Å². The first kappa shape index (κ1) is 17.0. The van der Waals surface area contributed by atoms with Crippen LogP contribution < -0.4 is 10.1 Å². The van der Waals surface area contributed by atoms with Gasteiger partial charge in [-0.2, -0.15) is 0 Å². The van der Waals surface area contributed by atoms with Crippen LogP contribution in [-0.4, -0.2) is 64.0 Å². The second-order valence-corrected chi connectivity index (χ2v) is 6.37. The first-order valence-electron chi connectivity index (χ1n) is 8.65. The Bertz CT molecular complexity index is 554. The summed E-state index contributed by atoms with van der Waals surface area (Å²) in [7, 11) is 1.39. The minimum atomic E-state index is -0.344. The van der Waals surface area contributed by atoms with Crippen molar-refractivity contribution in [2.45, 2.75) is 12.8 Å². The highest BCUT2D eigenvalue weighted by Gasteiger charge is 2.22. The van der Waals surface area contributed by atoms with Gasteiger partial charge in [0.15, 0.2) is 0 Å². The van der Waals surface area contributed by atoms with Crippen LogP contribution in [0.25, 0.3) is 0 Å². The summed E-state index contributed by atoms with van der Waals surface area (Å²) in [4.78, 5) is 14.2. The molecule has 0 aromatic heterocycles. The van der Waals surface area contributed by atoms with Gasteiger partial charge in [0, 0.05) is 37.9 Å². The number of morpholine rings is 1. The van der Waals surface area contributed by atoms with E-state index in [1.54, 1.807) is 6.07 Å². The number of carbonyl (C=O) groups is 1. The molecule has 6 heteroatoms. The lowest BCUT2D eigenvalue weighted by atomic mass is 10.2. The average molecular weight is 334 g/mol. The first-order valence-corrected chi connectivity index (χ1v) is 8.65. The Morgan fingerprint density at radius 3 is 2.79 bits per heavy atom. The third-order valence-corrected chi connectivity index (χ3v) is 4.37. The molecule has 132 valence electrons. The van der Waals surface area contributed by atoms with Gasteiger partial charge in [0.2, 0.25) is 0 Å². The van der Waals surface area contributed by atoms with Crippen molar-refractivity contribution in [3.05, 3.63) is 23.8 Å². The fraction of sp³-hybridized carbons (Fsp3) is 0.611. The Hall–Kier alpha value is -1.79. The standard InChI is InChI=1S/C18H26N2O4/c1-22-18(21)15-10-16(12-17(11-15)24-13-14-2-3-14)19-4-5-20-6-8-23-9-7-20/h10-12,14,19H,2-9,13H2,1H3. The summed E-state index contributed by atoms with van der Waals surface area (Å²) < 4.78 is 16.0. The van der Waals surface area contributed by atoms with Crippen LogP contribution in [0, 0.1) is 5.92 Å². The van der Waals surface area contributed by atoms with Crippen molar-refractivity contribution in [1.29, 1.82) is 0 Å². The van der Waals surface area contributed by atoms with Crippen LogP contribution in [0.3, 0.4) is 0 Å². The number of hydrogen-bond acceptors (Lipinski definition) is 6. The van der Waals surface area contributed by atoms with Gasteiger partial charge < -0.3 is 19.5 Å². The van der Waals surface area contributed by atoms with Gasteiger partial charge in [-0.25, -0.2) is 4.79 Å². The molecule has 1 aromatic rings. The van der Waals surface area contributed by atoms with Gasteiger partial charge in [-0.05, 0) is 30.9 Å². The summed E-state index contributed by atoms with van der Waals surface area (Å²) in [5.41, 5.74) is 1.40. The van der Waals surface area contributed by atoms with E-state index in [9.17, 15) is 4.79 Å². The van der Waals surface area contributed by atoms with E-state index in [1.165, 1.54) is 20.0 Å². The lowest BCUT2D eigenvalue weighted by Crippen LogP contribution is -2.39. The van der Waals surface area contributed by atoms with Crippen molar-refractivity contribution in [2.24, 2.45) is 5.92 Å². The molecule has 3 rings (SSSR count). The van der Waals surface area contributed by atoms with Gasteiger partial charge in [0.25, 0.3) is 0 Å². The second-order valence-electron chi connectivity index (χ2n) is 6.37. The number of nitrogens with zero attached hydrogens (tertiary/aromatic N) is 1. The van der Waals surface area contributed by atoms with Crippen molar-refractivity contribution in [1.82, 2.24) is 4.90 Å². The summed E-state index contributed by atoms with van der Waals surface area (Å²) in [6, 6.07) is 5.52. The van der Waals surface area contributed by atoms with Gasteiger partial charge in [-0.3, -0.25) is 4.90 Å². The predicted octanol–water partition coefficient (Wildman–Crippen LogP) is 2.01. The number of ether oxygens (including phenoxy) is 3. The Morgan fingerprint density at radius 1 is 1.29 bits per heavy atom. The van der Waals surface area contributed by atoms with Crippen molar-refractivity contribution in [2.75, 3.05) is 58.4 Å². The van der Waals surface area contributed by atoms with Crippen LogP contribution >= 0.6 is 0 Å². The van der Waals surface area contributed by atoms with Crippen LogP contribution in [0.4, 0.5) is 5.69 Å². The Morgan fingerprint density at radius 2 is 2.08 bits per heavy atom. The number of benzene rings is 1. The normalized spacial score (nSPS) is 18.2. The van der Waals surface area contributed by atoms with E-state index < -0.39 is 0 Å². The van der Waals surface area contributed by atoms with Crippen molar-refractivity contribution >= 4 is 11.7 Å². The summed E-state index contributed by atoms with van der Waals surface area (Å²) in [5, 5.41) is 3.38. The number of rotatable bonds is 8. The third kappa shape index (κ3) is 5.11. The van der Waals surface area contributed by atoms with E-state index >= 15 is 0 Å². The minimum Gasteiger partial charge on any atom is -0.493 e. The van der Waals surface area contributed by atoms with Crippen molar-refractivity contribution < 1.29 is 19.0 Å². The number of methoxy groups -OCH3 is 1. The van der Waals surface area contributed by atoms with Gasteiger partial charge in [-0.15, -0.1) is 0 Å². The molecule has 1 heterocycles. The Labute approximate surface area is 143 Å².